The van der Waals surface area contributed by atoms with Crippen molar-refractivity contribution in [1.82, 2.24) is 40.4 Å². The number of benzene rings is 3. The second-order valence-electron chi connectivity index (χ2n) is 14.3. The molecule has 54 heavy (non-hydrogen) atoms. The number of alkyl carbamates (subject to hydrolysis) is 2. The maximum absolute atomic E-state index is 13.1. The van der Waals surface area contributed by atoms with E-state index in [0.29, 0.717) is 24.8 Å². The molecule has 2 saturated heterocycles. The highest BCUT2D eigenvalue weighted by Gasteiger charge is 2.38. The van der Waals surface area contributed by atoms with Crippen LogP contribution in [0.25, 0.3) is 44.2 Å². The molecular weight excluding hydrogens is 692 g/mol. The Labute approximate surface area is 310 Å². The lowest BCUT2D eigenvalue weighted by molar-refractivity contribution is -0.133. The van der Waals surface area contributed by atoms with Crippen LogP contribution in [0.2, 0.25) is 0 Å². The van der Waals surface area contributed by atoms with E-state index in [0.717, 1.165) is 74.8 Å². The van der Waals surface area contributed by atoms with Crippen LogP contribution in [-0.4, -0.2) is 93.6 Å². The minimum Gasteiger partial charge on any atom is -0.488 e. The summed E-state index contributed by atoms with van der Waals surface area (Å²) in [4.78, 5) is 69.5. The van der Waals surface area contributed by atoms with Gasteiger partial charge in [0.25, 0.3) is 0 Å². The van der Waals surface area contributed by atoms with Crippen molar-refractivity contribution < 1.29 is 33.4 Å². The highest BCUT2D eigenvalue weighted by Crippen LogP contribution is 2.43. The summed E-state index contributed by atoms with van der Waals surface area (Å²) in [5.41, 5.74) is 6.59. The van der Waals surface area contributed by atoms with Crippen molar-refractivity contribution in [1.29, 1.82) is 0 Å². The fourth-order valence-electron chi connectivity index (χ4n) is 8.17. The molecule has 15 heteroatoms. The minimum absolute atomic E-state index is 0.0130. The fraction of sp³-hybridized carbons (Fsp3) is 0.385. The van der Waals surface area contributed by atoms with Gasteiger partial charge in [-0.15, -0.1) is 0 Å². The van der Waals surface area contributed by atoms with Gasteiger partial charge in [-0.1, -0.05) is 25.1 Å². The van der Waals surface area contributed by atoms with Crippen LogP contribution in [0.15, 0.2) is 48.7 Å². The van der Waals surface area contributed by atoms with E-state index < -0.39 is 12.2 Å². The van der Waals surface area contributed by atoms with Gasteiger partial charge in [0.05, 0.1) is 49.2 Å². The third-order valence-corrected chi connectivity index (χ3v) is 10.8. The SMILES string of the molecule is COC(=O)NCC(=O)N1C[C@@H](C)CC1c1nc2c(ccc3cc4c(cc32)OCc2cc(-c3cnc(C5CC[C@H](C)N5C(=O)CNC(=O)OC)[nH]3)ccc2-4)[nH]1. The lowest BCUT2D eigenvalue weighted by atomic mass is 9.92. The maximum atomic E-state index is 13.1. The predicted octanol–water partition coefficient (Wildman–Crippen LogP) is 5.34. The summed E-state index contributed by atoms with van der Waals surface area (Å²) < 4.78 is 15.6. The number of hydrogen-bond acceptors (Lipinski definition) is 9. The third-order valence-electron chi connectivity index (χ3n) is 10.8. The smallest absolute Gasteiger partial charge is 0.407 e. The predicted molar refractivity (Wildman–Crippen MR) is 198 cm³/mol. The van der Waals surface area contributed by atoms with Gasteiger partial charge in [0, 0.05) is 23.5 Å². The summed E-state index contributed by atoms with van der Waals surface area (Å²) in [5, 5.41) is 6.94. The average molecular weight is 735 g/mol. The van der Waals surface area contributed by atoms with Crippen molar-refractivity contribution in [2.75, 3.05) is 33.9 Å². The summed E-state index contributed by atoms with van der Waals surface area (Å²) in [6, 6.07) is 14.1. The van der Waals surface area contributed by atoms with Gasteiger partial charge in [-0.25, -0.2) is 19.6 Å². The van der Waals surface area contributed by atoms with Crippen LogP contribution in [0, 0.1) is 5.92 Å². The van der Waals surface area contributed by atoms with E-state index in [2.05, 4.69) is 72.3 Å². The first kappa shape index (κ1) is 34.9. The number of imidazole rings is 2. The Kier molecular flexibility index (Phi) is 9.07. The second-order valence-corrected chi connectivity index (χ2v) is 14.3. The molecule has 4 amide bonds. The first-order valence-electron chi connectivity index (χ1n) is 18.1. The van der Waals surface area contributed by atoms with E-state index >= 15 is 0 Å². The monoisotopic (exact) mass is 734 g/mol. The Bertz CT molecular complexity index is 2300. The Morgan fingerprint density at radius 2 is 1.67 bits per heavy atom. The molecule has 2 aromatic heterocycles. The van der Waals surface area contributed by atoms with Crippen LogP contribution in [0.4, 0.5) is 9.59 Å². The van der Waals surface area contributed by atoms with Gasteiger partial charge in [-0.2, -0.15) is 0 Å². The van der Waals surface area contributed by atoms with Crippen molar-refractivity contribution in [2.24, 2.45) is 5.92 Å². The lowest BCUT2D eigenvalue weighted by Crippen LogP contribution is -2.43. The summed E-state index contributed by atoms with van der Waals surface area (Å²) in [6.07, 6.45) is 2.86. The van der Waals surface area contributed by atoms with Gasteiger partial charge < -0.3 is 44.6 Å². The molecule has 3 aliphatic rings. The molecule has 0 spiro atoms. The van der Waals surface area contributed by atoms with Crippen LogP contribution in [0.1, 0.15) is 62.4 Å². The molecule has 8 rings (SSSR count). The Balaban J connectivity index is 1.03. The number of likely N-dealkylation sites (tertiary alicyclic amines) is 2. The van der Waals surface area contributed by atoms with Gasteiger partial charge in [0.2, 0.25) is 11.8 Å². The molecule has 5 aromatic rings. The molecule has 4 N–H and O–H groups in total. The average Bonchev–Trinajstić information content (AvgIpc) is 4.00. The van der Waals surface area contributed by atoms with Gasteiger partial charge in [0.15, 0.2) is 0 Å². The summed E-state index contributed by atoms with van der Waals surface area (Å²) in [5.74, 6) is 2.09. The number of aromatic nitrogens is 4. The third kappa shape index (κ3) is 6.32. The number of hydrogen-bond donors (Lipinski definition) is 4. The van der Waals surface area contributed by atoms with Crippen LogP contribution in [0.5, 0.6) is 5.75 Å². The highest BCUT2D eigenvalue weighted by molar-refractivity contribution is 6.07. The normalized spacial score (nSPS) is 20.4. The first-order chi connectivity index (χ1) is 26.1. The van der Waals surface area contributed by atoms with E-state index in [-0.39, 0.29) is 48.9 Å². The van der Waals surface area contributed by atoms with Crippen molar-refractivity contribution in [3.8, 4) is 28.1 Å². The van der Waals surface area contributed by atoms with Crippen molar-refractivity contribution >= 4 is 45.8 Å². The topological polar surface area (TPSA) is 184 Å². The second kappa shape index (κ2) is 14.0. The zero-order valence-corrected chi connectivity index (χ0v) is 30.5. The number of carbonyl (C=O) groups excluding carboxylic acids is 4. The summed E-state index contributed by atoms with van der Waals surface area (Å²) >= 11 is 0. The number of methoxy groups -OCH3 is 2. The molecule has 0 saturated carbocycles. The van der Waals surface area contributed by atoms with Crippen LogP contribution in [0.3, 0.4) is 0 Å². The standard InChI is InChI=1S/C39H42N8O7/c1-20-11-31(46(18-20)33(48)16-41-38(50)52-3)37-43-28-9-7-22-13-27-25-8-6-23(12-24(25)19-54-32(27)14-26(22)35(28)45-37)29-15-40-36(44-29)30-10-5-21(2)47(30)34(49)17-42-39(51)53-4/h6-9,12-15,20-21,30-31H,5,10-11,16-19H2,1-4H3,(H,40,44)(H,41,50)(H,42,51)(H,43,45)/t20-,21-,30?,31?/m0/s1. The zero-order valence-electron chi connectivity index (χ0n) is 30.5. The van der Waals surface area contributed by atoms with Crippen LogP contribution < -0.4 is 15.4 Å². The molecule has 0 radical (unpaired) electrons. The molecule has 4 atom stereocenters. The number of amides is 4. The minimum atomic E-state index is -0.645. The van der Waals surface area contributed by atoms with Gasteiger partial charge in [-0.3, -0.25) is 9.59 Å². The number of carbonyl (C=O) groups is 4. The van der Waals surface area contributed by atoms with Crippen molar-refractivity contribution in [2.45, 2.75) is 57.8 Å². The first-order valence-corrected chi connectivity index (χ1v) is 18.1. The number of fused-ring (bicyclic) bond motifs is 6. The number of H-pyrrole nitrogens is 2. The Morgan fingerprint density at radius 1 is 0.889 bits per heavy atom. The largest absolute Gasteiger partial charge is 0.488 e. The van der Waals surface area contributed by atoms with Gasteiger partial charge in [0.1, 0.15) is 37.1 Å². The molecule has 280 valence electrons. The number of rotatable bonds is 7. The molecule has 2 unspecified atom stereocenters. The molecule has 15 nitrogen and oxygen atoms in total. The molecule has 3 aromatic carbocycles. The number of nitrogens with zero attached hydrogens (tertiary/aromatic N) is 4. The van der Waals surface area contributed by atoms with E-state index in [4.69, 9.17) is 9.72 Å². The number of aromatic amines is 2. The van der Waals surface area contributed by atoms with Crippen molar-refractivity contribution in [3.63, 3.8) is 0 Å². The maximum Gasteiger partial charge on any atom is 0.407 e. The molecular formula is C39H42N8O7. The molecule has 2 fully saturated rings. The van der Waals surface area contributed by atoms with Gasteiger partial charge in [-0.05, 0) is 78.4 Å². The van der Waals surface area contributed by atoms with E-state index in [9.17, 15) is 19.2 Å². The van der Waals surface area contributed by atoms with E-state index in [1.54, 1.807) is 16.0 Å². The zero-order chi connectivity index (χ0) is 37.7. The van der Waals surface area contributed by atoms with E-state index in [1.165, 1.54) is 14.2 Å². The van der Waals surface area contributed by atoms with Crippen LogP contribution >= 0.6 is 0 Å². The van der Waals surface area contributed by atoms with E-state index in [1.807, 2.05) is 19.1 Å². The van der Waals surface area contributed by atoms with Crippen molar-refractivity contribution in [3.05, 3.63) is 65.9 Å². The number of nitrogens with one attached hydrogen (secondary N) is 4. The molecule has 5 heterocycles. The molecule has 0 bridgehead atoms. The highest BCUT2D eigenvalue weighted by atomic mass is 16.5. The fourth-order valence-corrected chi connectivity index (χ4v) is 8.17. The van der Waals surface area contributed by atoms with Crippen LogP contribution in [-0.2, 0) is 25.7 Å². The molecule has 3 aliphatic heterocycles. The molecule has 0 aliphatic carbocycles. The Hall–Kier alpha value is -6.12. The summed E-state index contributed by atoms with van der Waals surface area (Å²) in [6.45, 7) is 4.78. The van der Waals surface area contributed by atoms with Gasteiger partial charge >= 0.3 is 12.2 Å². The number of ether oxygens (including phenoxy) is 3. The summed E-state index contributed by atoms with van der Waals surface area (Å²) in [7, 11) is 2.53. The Morgan fingerprint density at radius 3 is 2.44 bits per heavy atom. The lowest BCUT2D eigenvalue weighted by Gasteiger charge is -2.27. The quantitative estimate of drug-likeness (QED) is 0.172.